The van der Waals surface area contributed by atoms with Crippen molar-refractivity contribution in [3.05, 3.63) is 0 Å². The summed E-state index contributed by atoms with van der Waals surface area (Å²) in [5.74, 6) is 0.411. The average molecular weight is 266 g/mol. The molecule has 0 N–H and O–H groups in total. The number of piperidine rings is 1. The Morgan fingerprint density at radius 2 is 1.32 bits per heavy atom. The summed E-state index contributed by atoms with van der Waals surface area (Å²) in [4.78, 5) is 17.4. The zero-order chi connectivity index (χ0) is 14.5. The molecule has 0 radical (unpaired) electrons. The number of hydrogen-bond acceptors (Lipinski definition) is 2. The van der Waals surface area contributed by atoms with Gasteiger partial charge in [0.05, 0.1) is 5.41 Å². The molecule has 2 aliphatic rings. The molecule has 2 saturated heterocycles. The second-order valence-corrected chi connectivity index (χ2v) is 8.32. The van der Waals surface area contributed by atoms with E-state index >= 15 is 0 Å². The third-order valence-corrected chi connectivity index (χ3v) is 4.99. The van der Waals surface area contributed by atoms with Crippen LogP contribution < -0.4 is 0 Å². The minimum atomic E-state index is -0.0466. The lowest BCUT2D eigenvalue weighted by molar-refractivity contribution is -0.142. The SMILES string of the molecule is CC(C)(C)N1CCC2(CC1)CCN(C(C)(C)C)C2=O. The molecular weight excluding hydrogens is 236 g/mol. The Bertz CT molecular complexity index is 354. The standard InChI is InChI=1S/C16H30N2O/c1-14(2,3)17-10-7-16(8-11-17)9-12-18(13(16)19)15(4,5)6/h7-12H2,1-6H3. The van der Waals surface area contributed by atoms with Crippen LogP contribution in [0.15, 0.2) is 0 Å². The van der Waals surface area contributed by atoms with Crippen LogP contribution in [-0.4, -0.2) is 46.4 Å². The van der Waals surface area contributed by atoms with E-state index in [2.05, 4.69) is 51.3 Å². The maximum atomic E-state index is 12.8. The number of hydrogen-bond donors (Lipinski definition) is 0. The molecule has 1 amide bonds. The van der Waals surface area contributed by atoms with E-state index in [1.807, 2.05) is 0 Å². The second-order valence-electron chi connectivity index (χ2n) is 8.32. The maximum Gasteiger partial charge on any atom is 0.229 e. The molecule has 0 saturated carbocycles. The van der Waals surface area contributed by atoms with Gasteiger partial charge < -0.3 is 4.90 Å². The van der Waals surface area contributed by atoms with E-state index in [4.69, 9.17) is 0 Å². The molecule has 2 rings (SSSR count). The van der Waals surface area contributed by atoms with Crippen LogP contribution in [0.4, 0.5) is 0 Å². The van der Waals surface area contributed by atoms with Crippen molar-refractivity contribution in [1.82, 2.24) is 9.80 Å². The third-order valence-electron chi connectivity index (χ3n) is 4.99. The van der Waals surface area contributed by atoms with Crippen molar-refractivity contribution < 1.29 is 4.79 Å². The van der Waals surface area contributed by atoms with Gasteiger partial charge >= 0.3 is 0 Å². The van der Waals surface area contributed by atoms with Crippen molar-refractivity contribution in [3.63, 3.8) is 0 Å². The number of rotatable bonds is 0. The van der Waals surface area contributed by atoms with Gasteiger partial charge in [-0.15, -0.1) is 0 Å². The van der Waals surface area contributed by atoms with E-state index in [9.17, 15) is 4.79 Å². The normalized spacial score (nSPS) is 25.4. The van der Waals surface area contributed by atoms with Crippen LogP contribution >= 0.6 is 0 Å². The Morgan fingerprint density at radius 1 is 0.842 bits per heavy atom. The van der Waals surface area contributed by atoms with Gasteiger partial charge in [0.15, 0.2) is 0 Å². The van der Waals surface area contributed by atoms with Gasteiger partial charge in [-0.2, -0.15) is 0 Å². The minimum Gasteiger partial charge on any atom is -0.337 e. The maximum absolute atomic E-state index is 12.8. The summed E-state index contributed by atoms with van der Waals surface area (Å²) in [6.07, 6.45) is 3.13. The zero-order valence-corrected chi connectivity index (χ0v) is 13.5. The summed E-state index contributed by atoms with van der Waals surface area (Å²) in [7, 11) is 0. The van der Waals surface area contributed by atoms with E-state index in [0.717, 1.165) is 38.9 Å². The topological polar surface area (TPSA) is 23.6 Å². The van der Waals surface area contributed by atoms with Gasteiger partial charge in [0.1, 0.15) is 0 Å². The highest BCUT2D eigenvalue weighted by Gasteiger charge is 2.51. The van der Waals surface area contributed by atoms with Crippen molar-refractivity contribution in [2.24, 2.45) is 5.41 Å². The first kappa shape index (κ1) is 14.8. The van der Waals surface area contributed by atoms with E-state index in [1.165, 1.54) is 0 Å². The van der Waals surface area contributed by atoms with Crippen LogP contribution in [0.2, 0.25) is 0 Å². The first-order chi connectivity index (χ1) is 8.56. The van der Waals surface area contributed by atoms with Crippen LogP contribution in [0.1, 0.15) is 60.8 Å². The number of amides is 1. The zero-order valence-electron chi connectivity index (χ0n) is 13.5. The Labute approximate surface area is 118 Å². The quantitative estimate of drug-likeness (QED) is 0.673. The van der Waals surface area contributed by atoms with Crippen molar-refractivity contribution in [1.29, 1.82) is 0 Å². The van der Waals surface area contributed by atoms with Crippen LogP contribution in [0, 0.1) is 5.41 Å². The van der Waals surface area contributed by atoms with Gasteiger partial charge in [-0.1, -0.05) is 0 Å². The molecule has 0 unspecified atom stereocenters. The lowest BCUT2D eigenvalue weighted by atomic mass is 9.76. The van der Waals surface area contributed by atoms with Gasteiger partial charge in [-0.05, 0) is 73.9 Å². The van der Waals surface area contributed by atoms with E-state index in [1.54, 1.807) is 0 Å². The van der Waals surface area contributed by atoms with Crippen molar-refractivity contribution in [3.8, 4) is 0 Å². The summed E-state index contributed by atoms with van der Waals surface area (Å²) >= 11 is 0. The molecule has 0 atom stereocenters. The Kier molecular flexibility index (Phi) is 3.49. The average Bonchev–Trinajstić information content (AvgIpc) is 2.56. The van der Waals surface area contributed by atoms with Gasteiger partial charge in [0.2, 0.25) is 5.91 Å². The Balaban J connectivity index is 2.07. The largest absolute Gasteiger partial charge is 0.337 e. The highest BCUT2D eigenvalue weighted by molar-refractivity contribution is 5.85. The van der Waals surface area contributed by atoms with E-state index < -0.39 is 0 Å². The third kappa shape index (κ3) is 2.67. The van der Waals surface area contributed by atoms with Crippen LogP contribution in [0.5, 0.6) is 0 Å². The fourth-order valence-electron chi connectivity index (χ4n) is 3.53. The van der Waals surface area contributed by atoms with Crippen molar-refractivity contribution >= 4 is 5.91 Å². The molecule has 2 aliphatic heterocycles. The number of nitrogens with zero attached hydrogens (tertiary/aromatic N) is 2. The van der Waals surface area contributed by atoms with E-state index in [-0.39, 0.29) is 16.5 Å². The first-order valence-electron chi connectivity index (χ1n) is 7.63. The highest BCUT2D eigenvalue weighted by Crippen LogP contribution is 2.44. The lowest BCUT2D eigenvalue weighted by Crippen LogP contribution is -2.52. The Morgan fingerprint density at radius 3 is 1.68 bits per heavy atom. The molecule has 2 fully saturated rings. The molecule has 2 heterocycles. The summed E-state index contributed by atoms with van der Waals surface area (Å²) in [6.45, 7) is 16.3. The monoisotopic (exact) mass is 266 g/mol. The molecular formula is C16H30N2O. The number of carbonyl (C=O) groups excluding carboxylic acids is 1. The van der Waals surface area contributed by atoms with Crippen LogP contribution in [0.25, 0.3) is 0 Å². The predicted octanol–water partition coefficient (Wildman–Crippen LogP) is 2.90. The van der Waals surface area contributed by atoms with Crippen molar-refractivity contribution in [2.75, 3.05) is 19.6 Å². The molecule has 0 bridgehead atoms. The summed E-state index contributed by atoms with van der Waals surface area (Å²) < 4.78 is 0. The van der Waals surface area contributed by atoms with Crippen LogP contribution in [-0.2, 0) is 4.79 Å². The van der Waals surface area contributed by atoms with Gasteiger partial charge in [-0.25, -0.2) is 0 Å². The van der Waals surface area contributed by atoms with E-state index in [0.29, 0.717) is 5.91 Å². The van der Waals surface area contributed by atoms with Crippen molar-refractivity contribution in [2.45, 2.75) is 71.9 Å². The summed E-state index contributed by atoms with van der Waals surface area (Å²) in [5, 5.41) is 0. The Hall–Kier alpha value is -0.570. The highest BCUT2D eigenvalue weighted by atomic mass is 16.2. The molecule has 3 nitrogen and oxygen atoms in total. The lowest BCUT2D eigenvalue weighted by Gasteiger charge is -2.44. The molecule has 0 aromatic heterocycles. The molecule has 19 heavy (non-hydrogen) atoms. The number of likely N-dealkylation sites (tertiary alicyclic amines) is 2. The van der Waals surface area contributed by atoms with Crippen LogP contribution in [0.3, 0.4) is 0 Å². The predicted molar refractivity (Wildman–Crippen MR) is 79.1 cm³/mol. The minimum absolute atomic E-state index is 0.0260. The van der Waals surface area contributed by atoms with Gasteiger partial charge in [0.25, 0.3) is 0 Å². The summed E-state index contributed by atoms with van der Waals surface area (Å²) in [5.41, 5.74) is 0.156. The van der Waals surface area contributed by atoms with Gasteiger partial charge in [0, 0.05) is 17.6 Å². The fraction of sp³-hybridized carbons (Fsp3) is 0.938. The summed E-state index contributed by atoms with van der Waals surface area (Å²) in [6, 6.07) is 0. The smallest absolute Gasteiger partial charge is 0.229 e. The number of carbonyl (C=O) groups is 1. The molecule has 110 valence electrons. The molecule has 0 aliphatic carbocycles. The van der Waals surface area contributed by atoms with Gasteiger partial charge in [-0.3, -0.25) is 9.69 Å². The fourth-order valence-corrected chi connectivity index (χ4v) is 3.53. The first-order valence-corrected chi connectivity index (χ1v) is 7.63. The molecule has 1 spiro atoms. The molecule has 0 aromatic rings. The molecule has 3 heteroatoms. The second kappa shape index (κ2) is 4.47. The molecule has 0 aromatic carbocycles.